The lowest BCUT2D eigenvalue weighted by Crippen LogP contribution is -2.29. The van der Waals surface area contributed by atoms with Crippen LogP contribution in [0.5, 0.6) is 5.75 Å². The first-order valence-electron chi connectivity index (χ1n) is 9.29. The molecule has 28 heavy (non-hydrogen) atoms. The summed E-state index contributed by atoms with van der Waals surface area (Å²) in [6.07, 6.45) is 1.70. The van der Waals surface area contributed by atoms with E-state index >= 15 is 0 Å². The van der Waals surface area contributed by atoms with Gasteiger partial charge in [0, 0.05) is 18.5 Å². The van der Waals surface area contributed by atoms with Crippen molar-refractivity contribution in [3.8, 4) is 5.75 Å². The molecule has 146 valence electrons. The molecule has 6 heteroatoms. The number of nitrogens with zero attached hydrogens (tertiary/aromatic N) is 2. The minimum Gasteiger partial charge on any atom is -0.496 e. The van der Waals surface area contributed by atoms with Crippen LogP contribution >= 0.6 is 0 Å². The molecule has 0 saturated carbocycles. The average Bonchev–Trinajstić information content (AvgIpc) is 2.68. The van der Waals surface area contributed by atoms with E-state index in [-0.39, 0.29) is 30.5 Å². The SMILES string of the molecule is COc1ccc(C)cc1C(C)NC(=O)CCn1cnc2c(C)cccc2c1=O. The maximum atomic E-state index is 12.6. The van der Waals surface area contributed by atoms with Gasteiger partial charge >= 0.3 is 0 Å². The second-order valence-corrected chi connectivity index (χ2v) is 7.00. The van der Waals surface area contributed by atoms with E-state index in [1.807, 2.05) is 51.1 Å². The zero-order valence-corrected chi connectivity index (χ0v) is 16.7. The van der Waals surface area contributed by atoms with Gasteiger partial charge in [-0.25, -0.2) is 4.98 Å². The molecule has 0 aliphatic carbocycles. The molecule has 0 saturated heterocycles. The van der Waals surface area contributed by atoms with E-state index < -0.39 is 0 Å². The fourth-order valence-corrected chi connectivity index (χ4v) is 3.30. The molecule has 0 radical (unpaired) electrons. The molecule has 1 atom stereocenters. The maximum absolute atomic E-state index is 12.6. The molecule has 0 spiro atoms. The second kappa shape index (κ2) is 8.25. The van der Waals surface area contributed by atoms with Crippen LogP contribution in [0.1, 0.15) is 36.1 Å². The maximum Gasteiger partial charge on any atom is 0.261 e. The fourth-order valence-electron chi connectivity index (χ4n) is 3.30. The largest absolute Gasteiger partial charge is 0.496 e. The van der Waals surface area contributed by atoms with Crippen molar-refractivity contribution >= 4 is 16.8 Å². The lowest BCUT2D eigenvalue weighted by Gasteiger charge is -2.18. The van der Waals surface area contributed by atoms with E-state index in [9.17, 15) is 9.59 Å². The predicted molar refractivity (Wildman–Crippen MR) is 110 cm³/mol. The smallest absolute Gasteiger partial charge is 0.261 e. The number of aryl methyl sites for hydroxylation is 3. The summed E-state index contributed by atoms with van der Waals surface area (Å²) >= 11 is 0. The monoisotopic (exact) mass is 379 g/mol. The molecule has 1 unspecified atom stereocenters. The highest BCUT2D eigenvalue weighted by molar-refractivity contribution is 5.80. The van der Waals surface area contributed by atoms with Gasteiger partial charge in [-0.2, -0.15) is 0 Å². The molecule has 2 aromatic carbocycles. The van der Waals surface area contributed by atoms with Gasteiger partial charge in [0.05, 0.1) is 30.4 Å². The molecule has 1 N–H and O–H groups in total. The predicted octanol–water partition coefficient (Wildman–Crippen LogP) is 3.29. The minimum absolute atomic E-state index is 0.130. The summed E-state index contributed by atoms with van der Waals surface area (Å²) in [6.45, 7) is 6.12. The number of fused-ring (bicyclic) bond motifs is 1. The molecule has 1 amide bonds. The Morgan fingerprint density at radius 3 is 2.79 bits per heavy atom. The summed E-state index contributed by atoms with van der Waals surface area (Å²) in [6, 6.07) is 11.2. The number of hydrogen-bond acceptors (Lipinski definition) is 4. The van der Waals surface area contributed by atoms with Crippen molar-refractivity contribution in [2.24, 2.45) is 0 Å². The van der Waals surface area contributed by atoms with Gasteiger partial charge in [-0.05, 0) is 38.5 Å². The van der Waals surface area contributed by atoms with Gasteiger partial charge in [0.2, 0.25) is 5.91 Å². The number of carbonyl (C=O) groups is 1. The third kappa shape index (κ3) is 4.06. The number of nitrogens with one attached hydrogen (secondary N) is 1. The van der Waals surface area contributed by atoms with Crippen LogP contribution in [-0.2, 0) is 11.3 Å². The number of para-hydroxylation sites is 1. The Balaban J connectivity index is 1.70. The molecular weight excluding hydrogens is 354 g/mol. The zero-order chi connectivity index (χ0) is 20.3. The van der Waals surface area contributed by atoms with Crippen LogP contribution in [0.2, 0.25) is 0 Å². The highest BCUT2D eigenvalue weighted by Gasteiger charge is 2.15. The van der Waals surface area contributed by atoms with E-state index in [0.717, 1.165) is 22.4 Å². The van der Waals surface area contributed by atoms with Crippen molar-refractivity contribution in [1.29, 1.82) is 0 Å². The van der Waals surface area contributed by atoms with Crippen molar-refractivity contribution in [2.75, 3.05) is 7.11 Å². The van der Waals surface area contributed by atoms with E-state index in [0.29, 0.717) is 10.9 Å². The highest BCUT2D eigenvalue weighted by Crippen LogP contribution is 2.26. The van der Waals surface area contributed by atoms with E-state index in [2.05, 4.69) is 10.3 Å². The number of methoxy groups -OCH3 is 1. The Labute approximate surface area is 164 Å². The summed E-state index contributed by atoms with van der Waals surface area (Å²) in [5, 5.41) is 3.55. The van der Waals surface area contributed by atoms with Crippen LogP contribution in [0.3, 0.4) is 0 Å². The van der Waals surface area contributed by atoms with Gasteiger partial charge in [0.15, 0.2) is 0 Å². The Kier molecular flexibility index (Phi) is 5.78. The highest BCUT2D eigenvalue weighted by atomic mass is 16.5. The third-order valence-electron chi connectivity index (χ3n) is 4.86. The first-order valence-corrected chi connectivity index (χ1v) is 9.29. The summed E-state index contributed by atoms with van der Waals surface area (Å²) < 4.78 is 6.88. The standard InChI is InChI=1S/C22H25N3O3/c1-14-8-9-19(28-4)18(12-14)16(3)24-20(26)10-11-25-13-23-21-15(2)6-5-7-17(21)22(25)27/h5-9,12-13,16H,10-11H2,1-4H3,(H,24,26). The lowest BCUT2D eigenvalue weighted by atomic mass is 10.0. The summed E-state index contributed by atoms with van der Waals surface area (Å²) in [4.78, 5) is 29.4. The number of benzene rings is 2. The quantitative estimate of drug-likeness (QED) is 0.713. The lowest BCUT2D eigenvalue weighted by molar-refractivity contribution is -0.122. The van der Waals surface area contributed by atoms with Crippen molar-refractivity contribution in [1.82, 2.24) is 14.9 Å². The Bertz CT molecular complexity index is 1070. The van der Waals surface area contributed by atoms with Crippen molar-refractivity contribution in [3.05, 3.63) is 69.8 Å². The number of ether oxygens (including phenoxy) is 1. The number of aromatic nitrogens is 2. The first-order chi connectivity index (χ1) is 13.4. The molecule has 0 bridgehead atoms. The van der Waals surface area contributed by atoms with Gasteiger partial charge in [-0.1, -0.05) is 29.8 Å². The molecule has 1 aromatic heterocycles. The molecule has 6 nitrogen and oxygen atoms in total. The Hall–Kier alpha value is -3.15. The van der Waals surface area contributed by atoms with Gasteiger partial charge < -0.3 is 10.1 Å². The Morgan fingerprint density at radius 1 is 1.25 bits per heavy atom. The number of carbonyl (C=O) groups excluding carboxylic acids is 1. The van der Waals surface area contributed by atoms with E-state index in [4.69, 9.17) is 4.74 Å². The van der Waals surface area contributed by atoms with Crippen LogP contribution in [0.15, 0.2) is 47.5 Å². The fraction of sp³-hybridized carbons (Fsp3) is 0.318. The molecule has 1 heterocycles. The van der Waals surface area contributed by atoms with Crippen LogP contribution in [-0.4, -0.2) is 22.6 Å². The van der Waals surface area contributed by atoms with Gasteiger partial charge in [-0.15, -0.1) is 0 Å². The molecular formula is C22H25N3O3. The van der Waals surface area contributed by atoms with E-state index in [1.54, 1.807) is 13.2 Å². The molecule has 3 rings (SSSR count). The number of rotatable bonds is 6. The summed E-state index contributed by atoms with van der Waals surface area (Å²) in [5.41, 5.74) is 3.56. The van der Waals surface area contributed by atoms with Gasteiger partial charge in [-0.3, -0.25) is 14.2 Å². The summed E-state index contributed by atoms with van der Waals surface area (Å²) in [5.74, 6) is 0.607. The molecule has 0 aliphatic rings. The van der Waals surface area contributed by atoms with Crippen molar-refractivity contribution < 1.29 is 9.53 Å². The average molecular weight is 379 g/mol. The van der Waals surface area contributed by atoms with Crippen molar-refractivity contribution in [3.63, 3.8) is 0 Å². The van der Waals surface area contributed by atoms with E-state index in [1.165, 1.54) is 10.9 Å². The van der Waals surface area contributed by atoms with Crippen LogP contribution in [0.4, 0.5) is 0 Å². The normalized spacial score (nSPS) is 12.0. The second-order valence-electron chi connectivity index (χ2n) is 7.00. The molecule has 3 aromatic rings. The number of hydrogen-bond donors (Lipinski definition) is 1. The summed E-state index contributed by atoms with van der Waals surface area (Å²) in [7, 11) is 1.61. The molecule has 0 fully saturated rings. The van der Waals surface area contributed by atoms with Crippen LogP contribution < -0.4 is 15.6 Å². The minimum atomic E-state index is -0.198. The first kappa shape index (κ1) is 19.6. The number of amides is 1. The topological polar surface area (TPSA) is 73.2 Å². The zero-order valence-electron chi connectivity index (χ0n) is 16.7. The van der Waals surface area contributed by atoms with Crippen LogP contribution in [0, 0.1) is 13.8 Å². The van der Waals surface area contributed by atoms with Gasteiger partial charge in [0.25, 0.3) is 5.56 Å². The third-order valence-corrected chi connectivity index (χ3v) is 4.86. The van der Waals surface area contributed by atoms with Gasteiger partial charge in [0.1, 0.15) is 5.75 Å². The van der Waals surface area contributed by atoms with Crippen molar-refractivity contribution in [2.45, 2.75) is 39.8 Å². The molecule has 0 aliphatic heterocycles. The Morgan fingerprint density at radius 2 is 2.04 bits per heavy atom. The van der Waals surface area contributed by atoms with Crippen LogP contribution in [0.25, 0.3) is 10.9 Å².